The standard InChI is InChI=1S/C26H26ClN5O3/c1-26(2,3)20-15-21(31-35-20)29-25(34)28-18-12-10-16(11-13-18)14-19(33)22-23(30-32(4)24(22)27)17-8-6-5-7-9-17/h5-13,15H,14H2,1-4H3,(H2,28,29,31,34). The van der Waals surface area contributed by atoms with E-state index in [4.69, 9.17) is 16.1 Å². The molecule has 2 aromatic carbocycles. The molecule has 0 unspecified atom stereocenters. The molecule has 0 aliphatic heterocycles. The molecular weight excluding hydrogens is 466 g/mol. The summed E-state index contributed by atoms with van der Waals surface area (Å²) in [4.78, 5) is 25.5. The molecule has 4 aromatic rings. The van der Waals surface area contributed by atoms with Crippen LogP contribution in [-0.4, -0.2) is 26.8 Å². The number of ketones is 1. The second-order valence-corrected chi connectivity index (χ2v) is 9.56. The molecule has 2 amide bonds. The topological polar surface area (TPSA) is 102 Å². The number of anilines is 2. The summed E-state index contributed by atoms with van der Waals surface area (Å²) in [7, 11) is 1.71. The summed E-state index contributed by atoms with van der Waals surface area (Å²) in [5.74, 6) is 0.865. The summed E-state index contributed by atoms with van der Waals surface area (Å²) in [5.41, 5.74) is 2.92. The van der Waals surface area contributed by atoms with Gasteiger partial charge in [0, 0.05) is 36.2 Å². The zero-order chi connectivity index (χ0) is 25.2. The van der Waals surface area contributed by atoms with Crippen LogP contribution in [-0.2, 0) is 18.9 Å². The fourth-order valence-corrected chi connectivity index (χ4v) is 3.73. The van der Waals surface area contributed by atoms with Gasteiger partial charge in [0.2, 0.25) is 0 Å². The van der Waals surface area contributed by atoms with Gasteiger partial charge in [-0.3, -0.25) is 14.8 Å². The van der Waals surface area contributed by atoms with E-state index < -0.39 is 6.03 Å². The molecule has 2 heterocycles. The maximum absolute atomic E-state index is 13.1. The summed E-state index contributed by atoms with van der Waals surface area (Å²) < 4.78 is 6.78. The van der Waals surface area contributed by atoms with Crippen molar-refractivity contribution in [3.63, 3.8) is 0 Å². The Bertz CT molecular complexity index is 1350. The third-order valence-electron chi connectivity index (χ3n) is 5.37. The number of benzene rings is 2. The molecule has 0 saturated heterocycles. The minimum absolute atomic E-state index is 0.138. The average molecular weight is 492 g/mol. The summed E-state index contributed by atoms with van der Waals surface area (Å²) in [6.45, 7) is 5.98. The maximum Gasteiger partial charge on any atom is 0.324 e. The first kappa shape index (κ1) is 24.2. The Balaban J connectivity index is 1.41. The predicted molar refractivity (Wildman–Crippen MR) is 136 cm³/mol. The Morgan fingerprint density at radius 2 is 1.71 bits per heavy atom. The minimum atomic E-state index is -0.447. The molecule has 8 nitrogen and oxygen atoms in total. The Kier molecular flexibility index (Phi) is 6.75. The zero-order valence-electron chi connectivity index (χ0n) is 19.9. The number of amides is 2. The van der Waals surface area contributed by atoms with Crippen LogP contribution < -0.4 is 10.6 Å². The maximum atomic E-state index is 13.1. The highest BCUT2D eigenvalue weighted by Crippen LogP contribution is 2.29. The van der Waals surface area contributed by atoms with E-state index in [9.17, 15) is 9.59 Å². The monoisotopic (exact) mass is 491 g/mol. The highest BCUT2D eigenvalue weighted by Gasteiger charge is 2.23. The van der Waals surface area contributed by atoms with Gasteiger partial charge < -0.3 is 9.84 Å². The number of nitrogens with one attached hydrogen (secondary N) is 2. The largest absolute Gasteiger partial charge is 0.359 e. The van der Waals surface area contributed by atoms with Crippen molar-refractivity contribution >= 4 is 34.9 Å². The van der Waals surface area contributed by atoms with Crippen LogP contribution in [0.3, 0.4) is 0 Å². The van der Waals surface area contributed by atoms with Gasteiger partial charge in [-0.25, -0.2) is 4.79 Å². The molecule has 0 aliphatic rings. The van der Waals surface area contributed by atoms with Crippen LogP contribution in [0.1, 0.15) is 42.5 Å². The fraction of sp³-hybridized carbons (Fsp3) is 0.231. The van der Waals surface area contributed by atoms with Crippen molar-refractivity contribution in [3.8, 4) is 11.3 Å². The highest BCUT2D eigenvalue weighted by atomic mass is 35.5. The van der Waals surface area contributed by atoms with Crippen LogP contribution in [0.5, 0.6) is 0 Å². The summed E-state index contributed by atoms with van der Waals surface area (Å²) >= 11 is 6.41. The first-order chi connectivity index (χ1) is 16.6. The molecule has 4 rings (SSSR count). The number of carbonyl (C=O) groups is 2. The Morgan fingerprint density at radius 3 is 2.34 bits per heavy atom. The number of urea groups is 1. The molecule has 2 N–H and O–H groups in total. The number of aryl methyl sites for hydroxylation is 1. The molecule has 9 heteroatoms. The molecule has 0 aliphatic carbocycles. The van der Waals surface area contributed by atoms with Gasteiger partial charge in [-0.2, -0.15) is 5.10 Å². The summed E-state index contributed by atoms with van der Waals surface area (Å²) in [6, 6.07) is 17.7. The summed E-state index contributed by atoms with van der Waals surface area (Å²) in [6.07, 6.45) is 0.145. The van der Waals surface area contributed by atoms with Crippen molar-refractivity contribution < 1.29 is 14.1 Å². The molecule has 0 saturated carbocycles. The Morgan fingerprint density at radius 1 is 1.03 bits per heavy atom. The van der Waals surface area contributed by atoms with Gasteiger partial charge in [0.1, 0.15) is 16.6 Å². The van der Waals surface area contributed by atoms with Gasteiger partial charge in [0.15, 0.2) is 11.6 Å². The summed E-state index contributed by atoms with van der Waals surface area (Å²) in [5, 5.41) is 14.0. The van der Waals surface area contributed by atoms with Gasteiger partial charge in [-0.15, -0.1) is 0 Å². The number of halogens is 1. The van der Waals surface area contributed by atoms with Crippen molar-refractivity contribution in [1.29, 1.82) is 0 Å². The van der Waals surface area contributed by atoms with E-state index in [1.165, 1.54) is 4.68 Å². The van der Waals surface area contributed by atoms with Crippen LogP contribution >= 0.6 is 11.6 Å². The molecule has 0 spiro atoms. The molecule has 35 heavy (non-hydrogen) atoms. The van der Waals surface area contributed by atoms with Gasteiger partial charge >= 0.3 is 6.03 Å². The lowest BCUT2D eigenvalue weighted by Gasteiger charge is -2.12. The van der Waals surface area contributed by atoms with E-state index in [2.05, 4.69) is 20.9 Å². The predicted octanol–water partition coefficient (Wildman–Crippen LogP) is 6.10. The smallest absolute Gasteiger partial charge is 0.324 e. The second-order valence-electron chi connectivity index (χ2n) is 9.21. The fourth-order valence-electron chi connectivity index (χ4n) is 3.49. The SMILES string of the molecule is Cn1nc(-c2ccccc2)c(C(=O)Cc2ccc(NC(=O)Nc3cc(C(C)(C)C)on3)cc2)c1Cl. The number of hydrogen-bond acceptors (Lipinski definition) is 5. The van der Waals surface area contributed by atoms with Gasteiger partial charge in [0.25, 0.3) is 0 Å². The van der Waals surface area contributed by atoms with E-state index in [0.29, 0.717) is 33.7 Å². The average Bonchev–Trinajstić information content (AvgIpc) is 3.40. The van der Waals surface area contributed by atoms with Crippen molar-refractivity contribution in [2.45, 2.75) is 32.6 Å². The number of carbonyl (C=O) groups excluding carboxylic acids is 2. The Hall–Kier alpha value is -3.91. The number of aromatic nitrogens is 3. The third-order valence-corrected chi connectivity index (χ3v) is 5.80. The molecule has 0 atom stereocenters. The molecule has 2 aromatic heterocycles. The van der Waals surface area contributed by atoms with Crippen molar-refractivity contribution in [1.82, 2.24) is 14.9 Å². The third kappa shape index (κ3) is 5.60. The van der Waals surface area contributed by atoms with Gasteiger partial charge in [-0.05, 0) is 17.7 Å². The molecule has 180 valence electrons. The van der Waals surface area contributed by atoms with Crippen LogP contribution in [0.2, 0.25) is 5.15 Å². The van der Waals surface area contributed by atoms with E-state index in [1.807, 2.05) is 51.1 Å². The van der Waals surface area contributed by atoms with E-state index in [0.717, 1.165) is 11.1 Å². The first-order valence-corrected chi connectivity index (χ1v) is 11.4. The number of hydrogen-bond donors (Lipinski definition) is 2. The lowest BCUT2D eigenvalue weighted by molar-refractivity contribution is 0.0993. The molecule has 0 fully saturated rings. The van der Waals surface area contributed by atoms with Crippen LogP contribution in [0.25, 0.3) is 11.3 Å². The number of nitrogens with zero attached hydrogens (tertiary/aromatic N) is 3. The Labute approximate surface area is 208 Å². The quantitative estimate of drug-likeness (QED) is 0.317. The van der Waals surface area contributed by atoms with Crippen molar-refractivity contribution in [2.75, 3.05) is 10.6 Å². The van der Waals surface area contributed by atoms with Gasteiger partial charge in [-0.1, -0.05) is 80.0 Å². The number of Topliss-reactive ketones (excluding diaryl/α,β-unsaturated/α-hetero) is 1. The van der Waals surface area contributed by atoms with Crippen molar-refractivity contribution in [3.05, 3.63) is 82.7 Å². The lowest BCUT2D eigenvalue weighted by Crippen LogP contribution is -2.19. The van der Waals surface area contributed by atoms with Crippen molar-refractivity contribution in [2.24, 2.45) is 7.05 Å². The highest BCUT2D eigenvalue weighted by molar-refractivity contribution is 6.34. The molecule has 0 radical (unpaired) electrons. The van der Waals surface area contributed by atoms with E-state index in [-0.39, 0.29) is 17.6 Å². The first-order valence-electron chi connectivity index (χ1n) is 11.1. The van der Waals surface area contributed by atoms with Crippen LogP contribution in [0.15, 0.2) is 65.2 Å². The zero-order valence-corrected chi connectivity index (χ0v) is 20.7. The molecule has 0 bridgehead atoms. The van der Waals surface area contributed by atoms with Gasteiger partial charge in [0.05, 0.1) is 5.56 Å². The molecular formula is C26H26ClN5O3. The van der Waals surface area contributed by atoms with Crippen LogP contribution in [0.4, 0.5) is 16.3 Å². The normalized spacial score (nSPS) is 11.3. The van der Waals surface area contributed by atoms with Crippen LogP contribution in [0, 0.1) is 0 Å². The minimum Gasteiger partial charge on any atom is -0.359 e. The second kappa shape index (κ2) is 9.76. The number of rotatable bonds is 6. The lowest BCUT2D eigenvalue weighted by atomic mass is 9.93. The van der Waals surface area contributed by atoms with E-state index in [1.54, 1.807) is 37.4 Å². The van der Waals surface area contributed by atoms with E-state index >= 15 is 0 Å².